The summed E-state index contributed by atoms with van der Waals surface area (Å²) in [5.41, 5.74) is 0.786. The lowest BCUT2D eigenvalue weighted by Gasteiger charge is -2.16. The molecular weight excluding hydrogens is 410 g/mol. The summed E-state index contributed by atoms with van der Waals surface area (Å²) >= 11 is 6.80. The van der Waals surface area contributed by atoms with Crippen LogP contribution in [0, 0.1) is 0 Å². The monoisotopic (exact) mass is 422 g/mol. The van der Waals surface area contributed by atoms with Crippen molar-refractivity contribution in [3.8, 4) is 5.75 Å². The molecule has 2 rings (SSSR count). The zero-order valence-corrected chi connectivity index (χ0v) is 14.7. The average Bonchev–Trinajstić information content (AvgIpc) is 2.45. The third-order valence-corrected chi connectivity index (χ3v) is 4.15. The van der Waals surface area contributed by atoms with Crippen molar-refractivity contribution in [2.75, 3.05) is 19.0 Å². The smallest absolute Gasteiger partial charge is 0.280 e. The Balaban J connectivity index is 2.80. The second kappa shape index (κ2) is 6.87. The van der Waals surface area contributed by atoms with E-state index in [2.05, 4.69) is 42.2 Å². The quantitative estimate of drug-likeness (QED) is 0.686. The van der Waals surface area contributed by atoms with Crippen LogP contribution in [0.15, 0.2) is 21.1 Å². The number of nitrogens with zero attached hydrogens (tertiary/aromatic N) is 1. The van der Waals surface area contributed by atoms with Crippen LogP contribution < -0.4 is 10.1 Å². The van der Waals surface area contributed by atoms with Crippen LogP contribution in [-0.4, -0.2) is 18.6 Å². The van der Waals surface area contributed by atoms with E-state index in [0.29, 0.717) is 33.4 Å². The molecule has 0 bridgehead atoms. The van der Waals surface area contributed by atoms with Gasteiger partial charge in [-0.3, -0.25) is 0 Å². The second-order valence-electron chi connectivity index (χ2n) is 4.42. The predicted octanol–water partition coefficient (Wildman–Crippen LogP) is 5.53. The standard InChI is InChI=1S/C14H14Br2F2N2O/c1-3-4-19-9-6-10(14(17)18)20-12-7(15)5-8(16)13(21-2)11(9)12/h5-6,14H,3-4H2,1-2H3,(H,19,20). The molecule has 3 nitrogen and oxygen atoms in total. The molecule has 0 fully saturated rings. The summed E-state index contributed by atoms with van der Waals surface area (Å²) in [6, 6.07) is 3.12. The van der Waals surface area contributed by atoms with Crippen molar-refractivity contribution in [2.45, 2.75) is 19.8 Å². The Labute approximate surface area is 138 Å². The van der Waals surface area contributed by atoms with Crippen LogP contribution >= 0.6 is 31.9 Å². The summed E-state index contributed by atoms with van der Waals surface area (Å²) in [4.78, 5) is 4.06. The van der Waals surface area contributed by atoms with Gasteiger partial charge in [-0.25, -0.2) is 13.8 Å². The fraction of sp³-hybridized carbons (Fsp3) is 0.357. The summed E-state index contributed by atoms with van der Waals surface area (Å²) in [7, 11) is 1.54. The number of nitrogens with one attached hydrogen (secondary N) is 1. The van der Waals surface area contributed by atoms with Gasteiger partial charge in [0.25, 0.3) is 6.43 Å². The molecule has 2 aromatic rings. The molecular formula is C14H14Br2F2N2O. The van der Waals surface area contributed by atoms with E-state index in [1.54, 1.807) is 6.07 Å². The van der Waals surface area contributed by atoms with Gasteiger partial charge in [0.05, 0.1) is 22.5 Å². The van der Waals surface area contributed by atoms with Gasteiger partial charge in [-0.1, -0.05) is 6.92 Å². The van der Waals surface area contributed by atoms with Gasteiger partial charge in [0.2, 0.25) is 0 Å². The number of pyridine rings is 1. The van der Waals surface area contributed by atoms with Gasteiger partial charge in [-0.05, 0) is 50.4 Å². The third kappa shape index (κ3) is 3.29. The molecule has 1 N–H and O–H groups in total. The first kappa shape index (κ1) is 16.4. The molecule has 0 unspecified atom stereocenters. The van der Waals surface area contributed by atoms with Gasteiger partial charge in [0.1, 0.15) is 11.4 Å². The molecule has 1 aromatic carbocycles. The number of rotatable bonds is 5. The van der Waals surface area contributed by atoms with E-state index < -0.39 is 6.43 Å². The lowest BCUT2D eigenvalue weighted by Crippen LogP contribution is -2.04. The van der Waals surface area contributed by atoms with E-state index in [-0.39, 0.29) is 5.69 Å². The molecule has 0 atom stereocenters. The fourth-order valence-electron chi connectivity index (χ4n) is 2.04. The van der Waals surface area contributed by atoms with Crippen LogP contribution in [0.3, 0.4) is 0 Å². The highest BCUT2D eigenvalue weighted by atomic mass is 79.9. The number of alkyl halides is 2. The molecule has 21 heavy (non-hydrogen) atoms. The molecule has 114 valence electrons. The number of aromatic nitrogens is 1. The minimum atomic E-state index is -2.63. The van der Waals surface area contributed by atoms with Gasteiger partial charge in [0.15, 0.2) is 0 Å². The average molecular weight is 424 g/mol. The highest BCUT2D eigenvalue weighted by molar-refractivity contribution is 9.11. The topological polar surface area (TPSA) is 34.2 Å². The molecule has 0 aliphatic carbocycles. The van der Waals surface area contributed by atoms with Gasteiger partial charge in [-0.2, -0.15) is 0 Å². The van der Waals surface area contributed by atoms with Crippen LogP contribution in [0.1, 0.15) is 25.5 Å². The lowest BCUT2D eigenvalue weighted by atomic mass is 10.1. The Hall–Kier alpha value is -0.950. The van der Waals surface area contributed by atoms with Crippen molar-refractivity contribution in [2.24, 2.45) is 0 Å². The van der Waals surface area contributed by atoms with E-state index in [0.717, 1.165) is 10.9 Å². The van der Waals surface area contributed by atoms with E-state index in [1.807, 2.05) is 6.92 Å². The van der Waals surface area contributed by atoms with Crippen molar-refractivity contribution in [1.29, 1.82) is 0 Å². The maximum atomic E-state index is 13.0. The Morgan fingerprint density at radius 1 is 1.29 bits per heavy atom. The number of ether oxygens (including phenoxy) is 1. The van der Waals surface area contributed by atoms with E-state index in [9.17, 15) is 8.78 Å². The molecule has 0 amide bonds. The summed E-state index contributed by atoms with van der Waals surface area (Å²) in [5.74, 6) is 0.570. The molecule has 7 heteroatoms. The molecule has 1 heterocycles. The van der Waals surface area contributed by atoms with E-state index >= 15 is 0 Å². The van der Waals surface area contributed by atoms with Crippen molar-refractivity contribution < 1.29 is 13.5 Å². The Morgan fingerprint density at radius 2 is 2.00 bits per heavy atom. The molecule has 0 aliphatic heterocycles. The summed E-state index contributed by atoms with van der Waals surface area (Å²) < 4.78 is 32.9. The maximum absolute atomic E-state index is 13.0. The zero-order chi connectivity index (χ0) is 15.6. The van der Waals surface area contributed by atoms with Crippen molar-refractivity contribution in [1.82, 2.24) is 4.98 Å². The van der Waals surface area contributed by atoms with Crippen LogP contribution in [0.2, 0.25) is 0 Å². The summed E-state index contributed by atoms with van der Waals surface area (Å²) in [6.07, 6.45) is -1.75. The first-order valence-corrected chi connectivity index (χ1v) is 7.96. The Bertz CT molecular complexity index is 665. The Morgan fingerprint density at radius 3 is 2.57 bits per heavy atom. The Kier molecular flexibility index (Phi) is 5.37. The summed E-state index contributed by atoms with van der Waals surface area (Å²) in [5, 5.41) is 3.84. The second-order valence-corrected chi connectivity index (χ2v) is 6.13. The molecule has 0 aliphatic rings. The number of anilines is 1. The maximum Gasteiger partial charge on any atom is 0.280 e. The number of halogens is 4. The van der Waals surface area contributed by atoms with Gasteiger partial charge in [-0.15, -0.1) is 0 Å². The first-order valence-electron chi connectivity index (χ1n) is 6.38. The SMILES string of the molecule is CCCNc1cc(C(F)F)nc2c(Br)cc(Br)c(OC)c12. The molecule has 1 aromatic heterocycles. The largest absolute Gasteiger partial charge is 0.495 e. The minimum absolute atomic E-state index is 0.258. The number of benzene rings is 1. The summed E-state index contributed by atoms with van der Waals surface area (Å²) in [6.45, 7) is 2.68. The number of hydrogen-bond acceptors (Lipinski definition) is 3. The predicted molar refractivity (Wildman–Crippen MR) is 87.4 cm³/mol. The van der Waals surface area contributed by atoms with Crippen LogP contribution in [0.5, 0.6) is 5.75 Å². The number of methoxy groups -OCH3 is 1. The van der Waals surface area contributed by atoms with Crippen molar-refractivity contribution in [3.63, 3.8) is 0 Å². The fourth-order valence-corrected chi connectivity index (χ4v) is 3.45. The minimum Gasteiger partial charge on any atom is -0.495 e. The first-order chi connectivity index (χ1) is 9.99. The number of hydrogen-bond donors (Lipinski definition) is 1. The zero-order valence-electron chi connectivity index (χ0n) is 11.5. The molecule has 0 saturated heterocycles. The van der Waals surface area contributed by atoms with Crippen LogP contribution in [0.4, 0.5) is 14.5 Å². The van der Waals surface area contributed by atoms with Crippen molar-refractivity contribution in [3.05, 3.63) is 26.8 Å². The van der Waals surface area contributed by atoms with Crippen LogP contribution in [0.25, 0.3) is 10.9 Å². The normalized spacial score (nSPS) is 11.2. The van der Waals surface area contributed by atoms with Gasteiger partial charge in [0, 0.05) is 16.7 Å². The highest BCUT2D eigenvalue weighted by Crippen LogP contribution is 2.42. The van der Waals surface area contributed by atoms with Crippen molar-refractivity contribution >= 4 is 48.5 Å². The van der Waals surface area contributed by atoms with E-state index in [4.69, 9.17) is 4.74 Å². The third-order valence-electron chi connectivity index (χ3n) is 2.96. The molecule has 0 saturated carbocycles. The van der Waals surface area contributed by atoms with E-state index in [1.165, 1.54) is 13.2 Å². The molecule has 0 radical (unpaired) electrons. The van der Waals surface area contributed by atoms with Gasteiger partial charge < -0.3 is 10.1 Å². The van der Waals surface area contributed by atoms with Gasteiger partial charge >= 0.3 is 0 Å². The lowest BCUT2D eigenvalue weighted by molar-refractivity contribution is 0.146. The van der Waals surface area contributed by atoms with Crippen LogP contribution in [-0.2, 0) is 0 Å². The molecule has 0 spiro atoms. The highest BCUT2D eigenvalue weighted by Gasteiger charge is 2.19. The number of fused-ring (bicyclic) bond motifs is 1.